The van der Waals surface area contributed by atoms with Crippen molar-refractivity contribution in [2.75, 3.05) is 19.4 Å². The molecule has 3 rings (SSSR count). The molecule has 0 saturated carbocycles. The van der Waals surface area contributed by atoms with E-state index in [-0.39, 0.29) is 5.91 Å². The minimum Gasteiger partial charge on any atom is -0.379 e. The minimum absolute atomic E-state index is 0.0902. The number of carbonyl (C=O) groups is 1. The van der Waals surface area contributed by atoms with Crippen LogP contribution in [0.3, 0.4) is 0 Å². The minimum atomic E-state index is 0.0902. The van der Waals surface area contributed by atoms with Crippen molar-refractivity contribution in [2.45, 2.75) is 19.9 Å². The highest BCUT2D eigenvalue weighted by Gasteiger charge is 2.10. The second-order valence-corrected chi connectivity index (χ2v) is 6.18. The summed E-state index contributed by atoms with van der Waals surface area (Å²) in [6.07, 6.45) is 4.49. The number of hydrogen-bond acceptors (Lipinski definition) is 3. The van der Waals surface area contributed by atoms with Gasteiger partial charge in [-0.2, -0.15) is 0 Å². The van der Waals surface area contributed by atoms with E-state index < -0.39 is 0 Å². The number of anilines is 1. The first-order valence-corrected chi connectivity index (χ1v) is 7.99. The number of nitrogens with one attached hydrogen (secondary N) is 1. The first-order chi connectivity index (χ1) is 11.5. The van der Waals surface area contributed by atoms with Gasteiger partial charge in [-0.25, -0.2) is 4.98 Å². The second-order valence-electron chi connectivity index (χ2n) is 6.18. The van der Waals surface area contributed by atoms with Gasteiger partial charge in [0.15, 0.2) is 0 Å². The summed E-state index contributed by atoms with van der Waals surface area (Å²) in [5, 5.41) is 3.40. The molecule has 0 aliphatic carbocycles. The van der Waals surface area contributed by atoms with Gasteiger partial charge in [0, 0.05) is 32.2 Å². The molecule has 1 N–H and O–H groups in total. The second kappa shape index (κ2) is 6.74. The Balaban J connectivity index is 1.75. The fraction of sp³-hybridized carbons (Fsp3) is 0.263. The molecule has 5 heteroatoms. The van der Waals surface area contributed by atoms with Crippen LogP contribution in [-0.4, -0.2) is 34.3 Å². The zero-order chi connectivity index (χ0) is 17.1. The summed E-state index contributed by atoms with van der Waals surface area (Å²) < 4.78 is 2.04. The van der Waals surface area contributed by atoms with Crippen LogP contribution in [0.25, 0.3) is 5.65 Å². The number of aryl methyl sites for hydroxylation is 1. The highest BCUT2D eigenvalue weighted by Crippen LogP contribution is 2.17. The Bertz CT molecular complexity index is 867. The van der Waals surface area contributed by atoms with Crippen LogP contribution in [0.5, 0.6) is 0 Å². The van der Waals surface area contributed by atoms with Crippen LogP contribution in [-0.2, 0) is 17.8 Å². The number of amides is 1. The molecule has 1 amide bonds. The number of nitrogens with zero attached hydrogens (tertiary/aromatic N) is 3. The molecule has 0 aliphatic heterocycles. The van der Waals surface area contributed by atoms with E-state index in [2.05, 4.69) is 29.5 Å². The zero-order valence-electron chi connectivity index (χ0n) is 14.3. The number of likely N-dealkylation sites (N-methyl/N-ethyl adjacent to an activating group) is 1. The van der Waals surface area contributed by atoms with Crippen molar-refractivity contribution in [3.63, 3.8) is 0 Å². The molecule has 1 aromatic carbocycles. The SMILES string of the molecule is Cc1ccc2nc(CNc3ccccc3CC(=O)N(C)C)cn2c1. The van der Waals surface area contributed by atoms with E-state index in [4.69, 9.17) is 0 Å². The van der Waals surface area contributed by atoms with E-state index in [9.17, 15) is 4.79 Å². The van der Waals surface area contributed by atoms with Crippen LogP contribution < -0.4 is 5.32 Å². The van der Waals surface area contributed by atoms with E-state index in [0.717, 1.165) is 22.6 Å². The predicted molar refractivity (Wildman–Crippen MR) is 96.1 cm³/mol. The highest BCUT2D eigenvalue weighted by molar-refractivity contribution is 5.80. The van der Waals surface area contributed by atoms with Crippen LogP contribution in [0.4, 0.5) is 5.69 Å². The zero-order valence-corrected chi connectivity index (χ0v) is 14.3. The Morgan fingerprint density at radius 3 is 2.75 bits per heavy atom. The van der Waals surface area contributed by atoms with Crippen molar-refractivity contribution >= 4 is 17.2 Å². The van der Waals surface area contributed by atoms with Crippen molar-refractivity contribution in [3.05, 3.63) is 65.6 Å². The lowest BCUT2D eigenvalue weighted by Gasteiger charge is -2.14. The van der Waals surface area contributed by atoms with E-state index in [1.54, 1.807) is 19.0 Å². The molecule has 2 aromatic heterocycles. The van der Waals surface area contributed by atoms with Gasteiger partial charge in [-0.1, -0.05) is 24.3 Å². The average molecular weight is 322 g/mol. The van der Waals surface area contributed by atoms with E-state index in [1.807, 2.05) is 40.9 Å². The lowest BCUT2D eigenvalue weighted by atomic mass is 10.1. The Labute approximate surface area is 141 Å². The molecular weight excluding hydrogens is 300 g/mol. The molecule has 0 bridgehead atoms. The summed E-state index contributed by atoms with van der Waals surface area (Å²) in [5.74, 6) is 0.0902. The monoisotopic (exact) mass is 322 g/mol. The van der Waals surface area contributed by atoms with Crippen molar-refractivity contribution < 1.29 is 4.79 Å². The molecule has 0 radical (unpaired) electrons. The van der Waals surface area contributed by atoms with Crippen LogP contribution in [0.15, 0.2) is 48.8 Å². The molecule has 3 aromatic rings. The Hall–Kier alpha value is -2.82. The molecule has 0 spiro atoms. The van der Waals surface area contributed by atoms with Crippen LogP contribution in [0.1, 0.15) is 16.8 Å². The van der Waals surface area contributed by atoms with Gasteiger partial charge in [-0.05, 0) is 30.2 Å². The van der Waals surface area contributed by atoms with Crippen LogP contribution >= 0.6 is 0 Å². The van der Waals surface area contributed by atoms with Crippen LogP contribution in [0, 0.1) is 6.92 Å². The van der Waals surface area contributed by atoms with Crippen molar-refractivity contribution in [2.24, 2.45) is 0 Å². The number of benzene rings is 1. The maximum absolute atomic E-state index is 12.0. The summed E-state index contributed by atoms with van der Waals surface area (Å²) in [7, 11) is 3.55. The Morgan fingerprint density at radius 1 is 1.17 bits per heavy atom. The molecular formula is C19H22N4O. The third-order valence-electron chi connectivity index (χ3n) is 3.97. The van der Waals surface area contributed by atoms with Crippen molar-refractivity contribution in [1.29, 1.82) is 0 Å². The topological polar surface area (TPSA) is 49.6 Å². The van der Waals surface area contributed by atoms with Crippen molar-refractivity contribution in [3.8, 4) is 0 Å². The number of fused-ring (bicyclic) bond motifs is 1. The molecule has 0 saturated heterocycles. The molecule has 0 fully saturated rings. The van der Waals surface area contributed by atoms with Crippen molar-refractivity contribution in [1.82, 2.24) is 14.3 Å². The summed E-state index contributed by atoms with van der Waals surface area (Å²) in [5.41, 5.74) is 5.08. The van der Waals surface area contributed by atoms with Gasteiger partial charge in [0.25, 0.3) is 0 Å². The lowest BCUT2D eigenvalue weighted by Crippen LogP contribution is -2.23. The molecule has 24 heavy (non-hydrogen) atoms. The third-order valence-corrected chi connectivity index (χ3v) is 3.97. The molecule has 0 unspecified atom stereocenters. The van der Waals surface area contributed by atoms with Gasteiger partial charge in [0.1, 0.15) is 5.65 Å². The Kier molecular flexibility index (Phi) is 4.51. The fourth-order valence-electron chi connectivity index (χ4n) is 2.59. The number of rotatable bonds is 5. The lowest BCUT2D eigenvalue weighted by molar-refractivity contribution is -0.127. The summed E-state index contributed by atoms with van der Waals surface area (Å²) >= 11 is 0. The van der Waals surface area contributed by atoms with Gasteiger partial charge in [0.05, 0.1) is 18.7 Å². The van der Waals surface area contributed by atoms with E-state index >= 15 is 0 Å². The first-order valence-electron chi connectivity index (χ1n) is 7.99. The average Bonchev–Trinajstić information content (AvgIpc) is 2.95. The normalized spacial score (nSPS) is 10.8. The van der Waals surface area contributed by atoms with Crippen LogP contribution in [0.2, 0.25) is 0 Å². The van der Waals surface area contributed by atoms with Gasteiger partial charge in [-0.3, -0.25) is 4.79 Å². The number of aromatic nitrogens is 2. The quantitative estimate of drug-likeness (QED) is 0.786. The van der Waals surface area contributed by atoms with Gasteiger partial charge in [-0.15, -0.1) is 0 Å². The maximum atomic E-state index is 12.0. The molecule has 0 atom stereocenters. The van der Waals surface area contributed by atoms with Gasteiger partial charge in [0.2, 0.25) is 5.91 Å². The summed E-state index contributed by atoms with van der Waals surface area (Å²) in [6.45, 7) is 2.68. The summed E-state index contributed by atoms with van der Waals surface area (Å²) in [4.78, 5) is 18.2. The fourth-order valence-corrected chi connectivity index (χ4v) is 2.59. The number of para-hydroxylation sites is 1. The molecule has 124 valence electrons. The van der Waals surface area contributed by atoms with Gasteiger partial charge >= 0.3 is 0 Å². The smallest absolute Gasteiger partial charge is 0.226 e. The number of carbonyl (C=O) groups excluding carboxylic acids is 1. The third kappa shape index (κ3) is 3.56. The summed E-state index contributed by atoms with van der Waals surface area (Å²) in [6, 6.07) is 12.0. The number of imidazole rings is 1. The standard InChI is InChI=1S/C19H22N4O/c1-14-8-9-18-21-16(13-23(18)12-14)11-20-17-7-5-4-6-15(17)10-19(24)22(2)3/h4-9,12-13,20H,10-11H2,1-3H3. The molecule has 0 aliphatic rings. The largest absolute Gasteiger partial charge is 0.379 e. The molecule has 2 heterocycles. The van der Waals surface area contributed by atoms with E-state index in [1.165, 1.54) is 5.56 Å². The predicted octanol–water partition coefficient (Wildman–Crippen LogP) is 2.89. The maximum Gasteiger partial charge on any atom is 0.226 e. The first kappa shape index (κ1) is 16.1. The van der Waals surface area contributed by atoms with Gasteiger partial charge < -0.3 is 14.6 Å². The highest BCUT2D eigenvalue weighted by atomic mass is 16.2. The van der Waals surface area contributed by atoms with E-state index in [0.29, 0.717) is 13.0 Å². The number of pyridine rings is 1. The molecule has 5 nitrogen and oxygen atoms in total. The number of hydrogen-bond donors (Lipinski definition) is 1. The Morgan fingerprint density at radius 2 is 1.96 bits per heavy atom.